The normalized spacial score (nSPS) is 11.6. The Kier molecular flexibility index (Phi) is 18.4. The second kappa shape index (κ2) is 19.3. The van der Waals surface area contributed by atoms with Gasteiger partial charge in [0.15, 0.2) is 0 Å². The third-order valence-electron chi connectivity index (χ3n) is 3.89. The van der Waals surface area contributed by atoms with Crippen LogP contribution in [-0.4, -0.2) is 44.1 Å². The lowest BCUT2D eigenvalue weighted by Gasteiger charge is -2.06. The number of ether oxygens (including phenoxy) is 3. The van der Waals surface area contributed by atoms with Crippen molar-refractivity contribution in [2.24, 2.45) is 0 Å². The highest BCUT2D eigenvalue weighted by molar-refractivity contribution is 5.87. The Balaban J connectivity index is 3.41. The van der Waals surface area contributed by atoms with Crippen molar-refractivity contribution in [1.82, 2.24) is 0 Å². The van der Waals surface area contributed by atoms with Crippen molar-refractivity contribution in [3.63, 3.8) is 0 Å². The molecule has 0 radical (unpaired) electrons. The van der Waals surface area contributed by atoms with Crippen LogP contribution in [0, 0.1) is 0 Å². The number of rotatable bonds is 18. The zero-order valence-electron chi connectivity index (χ0n) is 16.3. The van der Waals surface area contributed by atoms with Gasteiger partial charge in [0.25, 0.3) is 0 Å². The highest BCUT2D eigenvalue weighted by Gasteiger charge is 2.05. The lowest BCUT2D eigenvalue weighted by atomic mass is 10.1. The van der Waals surface area contributed by atoms with E-state index in [4.69, 9.17) is 19.3 Å². The van der Waals surface area contributed by atoms with Crippen molar-refractivity contribution in [2.45, 2.75) is 78.1 Å². The second-order valence-corrected chi connectivity index (χ2v) is 6.33. The van der Waals surface area contributed by atoms with Crippen molar-refractivity contribution < 1.29 is 24.1 Å². The fourth-order valence-electron chi connectivity index (χ4n) is 2.37. The van der Waals surface area contributed by atoms with Gasteiger partial charge in [-0.25, -0.2) is 4.79 Å². The number of carbonyl (C=O) groups excluding carboxylic acids is 1. The van der Waals surface area contributed by atoms with E-state index in [2.05, 4.69) is 6.92 Å². The predicted molar refractivity (Wildman–Crippen MR) is 100 cm³/mol. The van der Waals surface area contributed by atoms with Crippen LogP contribution < -0.4 is 0 Å². The van der Waals surface area contributed by atoms with Gasteiger partial charge in [-0.3, -0.25) is 0 Å². The molecule has 0 aromatic rings. The van der Waals surface area contributed by atoms with Crippen LogP contribution in [0.3, 0.4) is 0 Å². The molecule has 0 aliphatic carbocycles. The molecule has 0 rings (SSSR count). The topological polar surface area (TPSA) is 65.0 Å². The van der Waals surface area contributed by atoms with Crippen LogP contribution in [-0.2, 0) is 19.0 Å². The standard InChI is InChI=1S/C20H38O5/c1-3-4-5-6-7-8-9-10-11-12-14-25-20(22)19(2)18-24-17-16-23-15-13-21/h18,21H,3-17H2,1-2H3. The summed E-state index contributed by atoms with van der Waals surface area (Å²) in [6, 6.07) is 0. The fraction of sp³-hybridized carbons (Fsp3) is 0.850. The maximum Gasteiger partial charge on any atom is 0.336 e. The average Bonchev–Trinajstić information content (AvgIpc) is 2.62. The van der Waals surface area contributed by atoms with Crippen LogP contribution in [0.25, 0.3) is 0 Å². The monoisotopic (exact) mass is 358 g/mol. The Morgan fingerprint density at radius 3 is 2.04 bits per heavy atom. The summed E-state index contributed by atoms with van der Waals surface area (Å²) in [4.78, 5) is 11.7. The molecule has 0 heterocycles. The third-order valence-corrected chi connectivity index (χ3v) is 3.89. The van der Waals surface area contributed by atoms with Gasteiger partial charge in [0.05, 0.1) is 38.3 Å². The van der Waals surface area contributed by atoms with E-state index in [9.17, 15) is 4.79 Å². The first-order valence-electron chi connectivity index (χ1n) is 9.86. The van der Waals surface area contributed by atoms with Crippen LogP contribution in [0.15, 0.2) is 11.8 Å². The van der Waals surface area contributed by atoms with E-state index in [1.165, 1.54) is 57.6 Å². The van der Waals surface area contributed by atoms with Crippen molar-refractivity contribution >= 4 is 5.97 Å². The molecular weight excluding hydrogens is 320 g/mol. The van der Waals surface area contributed by atoms with Gasteiger partial charge in [-0.1, -0.05) is 64.7 Å². The zero-order valence-corrected chi connectivity index (χ0v) is 16.3. The molecule has 148 valence electrons. The van der Waals surface area contributed by atoms with Gasteiger partial charge >= 0.3 is 5.97 Å². The number of hydrogen-bond donors (Lipinski definition) is 1. The molecule has 0 bridgehead atoms. The Hall–Kier alpha value is -1.07. The second-order valence-electron chi connectivity index (χ2n) is 6.33. The molecule has 5 nitrogen and oxygen atoms in total. The molecule has 0 spiro atoms. The predicted octanol–water partition coefficient (Wildman–Crippen LogP) is 4.38. The first-order chi connectivity index (χ1) is 12.2. The molecular formula is C20H38O5. The first kappa shape index (κ1) is 23.9. The minimum atomic E-state index is -0.327. The molecule has 0 fully saturated rings. The quantitative estimate of drug-likeness (QED) is 0.170. The Morgan fingerprint density at radius 1 is 0.840 bits per heavy atom. The maximum atomic E-state index is 11.7. The summed E-state index contributed by atoms with van der Waals surface area (Å²) in [5.41, 5.74) is 0.453. The van der Waals surface area contributed by atoms with Gasteiger partial charge in [0, 0.05) is 0 Å². The number of hydrogen-bond acceptors (Lipinski definition) is 5. The van der Waals surface area contributed by atoms with E-state index in [0.29, 0.717) is 32.0 Å². The molecule has 0 saturated carbocycles. The highest BCUT2D eigenvalue weighted by Crippen LogP contribution is 2.10. The summed E-state index contributed by atoms with van der Waals surface area (Å²) in [5.74, 6) is -0.327. The Labute approximate surface area is 153 Å². The lowest BCUT2D eigenvalue weighted by Crippen LogP contribution is -2.09. The third kappa shape index (κ3) is 17.5. The van der Waals surface area contributed by atoms with Crippen molar-refractivity contribution in [3.8, 4) is 0 Å². The first-order valence-corrected chi connectivity index (χ1v) is 9.86. The maximum absolute atomic E-state index is 11.7. The molecule has 0 amide bonds. The number of aliphatic hydroxyl groups excluding tert-OH is 1. The van der Waals surface area contributed by atoms with Gasteiger partial charge in [-0.2, -0.15) is 0 Å². The van der Waals surface area contributed by atoms with Crippen molar-refractivity contribution in [3.05, 3.63) is 11.8 Å². The Bertz CT molecular complexity index is 328. The van der Waals surface area contributed by atoms with Crippen LogP contribution in [0.1, 0.15) is 78.1 Å². The van der Waals surface area contributed by atoms with Crippen molar-refractivity contribution in [2.75, 3.05) is 33.0 Å². The number of unbranched alkanes of at least 4 members (excludes halogenated alkanes) is 9. The van der Waals surface area contributed by atoms with E-state index in [-0.39, 0.29) is 12.6 Å². The van der Waals surface area contributed by atoms with E-state index >= 15 is 0 Å². The van der Waals surface area contributed by atoms with Gasteiger partial charge < -0.3 is 19.3 Å². The molecule has 0 unspecified atom stereocenters. The van der Waals surface area contributed by atoms with E-state index in [1.54, 1.807) is 6.92 Å². The molecule has 0 atom stereocenters. The summed E-state index contributed by atoms with van der Waals surface area (Å²) >= 11 is 0. The molecule has 25 heavy (non-hydrogen) atoms. The van der Waals surface area contributed by atoms with Crippen molar-refractivity contribution in [1.29, 1.82) is 0 Å². The zero-order chi connectivity index (χ0) is 18.6. The number of carbonyl (C=O) groups is 1. The van der Waals surface area contributed by atoms with E-state index in [0.717, 1.165) is 12.8 Å². The van der Waals surface area contributed by atoms with Gasteiger partial charge in [0.1, 0.15) is 6.61 Å². The summed E-state index contributed by atoms with van der Waals surface area (Å²) < 4.78 is 15.5. The molecule has 5 heteroatoms. The van der Waals surface area contributed by atoms with Gasteiger partial charge in [-0.05, 0) is 13.3 Å². The molecule has 0 aromatic heterocycles. The molecule has 0 saturated heterocycles. The minimum absolute atomic E-state index is 0.000150. The van der Waals surface area contributed by atoms with Gasteiger partial charge in [0.2, 0.25) is 0 Å². The van der Waals surface area contributed by atoms with E-state index < -0.39 is 0 Å². The fourth-order valence-corrected chi connectivity index (χ4v) is 2.37. The molecule has 0 aliphatic rings. The summed E-state index contributed by atoms with van der Waals surface area (Å²) in [6.07, 6.45) is 14.0. The summed E-state index contributed by atoms with van der Waals surface area (Å²) in [5, 5.41) is 8.55. The lowest BCUT2D eigenvalue weighted by molar-refractivity contribution is -0.139. The molecule has 1 N–H and O–H groups in total. The number of aliphatic hydroxyl groups is 1. The highest BCUT2D eigenvalue weighted by atomic mass is 16.5. The smallest absolute Gasteiger partial charge is 0.336 e. The van der Waals surface area contributed by atoms with Crippen LogP contribution in [0.5, 0.6) is 0 Å². The van der Waals surface area contributed by atoms with Crippen LogP contribution >= 0.6 is 0 Å². The Morgan fingerprint density at radius 2 is 1.44 bits per heavy atom. The largest absolute Gasteiger partial charge is 0.498 e. The SMILES string of the molecule is CCCCCCCCCCCCOC(=O)C(C)=COCCOCCO. The minimum Gasteiger partial charge on any atom is -0.498 e. The number of esters is 1. The van der Waals surface area contributed by atoms with Crippen LogP contribution in [0.4, 0.5) is 0 Å². The van der Waals surface area contributed by atoms with E-state index in [1.807, 2.05) is 0 Å². The summed E-state index contributed by atoms with van der Waals surface area (Å²) in [6.45, 7) is 5.43. The molecule has 0 aliphatic heterocycles. The average molecular weight is 359 g/mol. The van der Waals surface area contributed by atoms with Crippen LogP contribution in [0.2, 0.25) is 0 Å². The molecule has 0 aromatic carbocycles. The summed E-state index contributed by atoms with van der Waals surface area (Å²) in [7, 11) is 0. The van der Waals surface area contributed by atoms with Gasteiger partial charge in [-0.15, -0.1) is 0 Å².